The van der Waals surface area contributed by atoms with Crippen molar-refractivity contribution < 1.29 is 9.59 Å². The lowest BCUT2D eigenvalue weighted by molar-refractivity contribution is 0.0917. The van der Waals surface area contributed by atoms with E-state index in [1.807, 2.05) is 4.90 Å². The maximum Gasteiger partial charge on any atom is 0.317 e. The second kappa shape index (κ2) is 7.77. The van der Waals surface area contributed by atoms with Crippen LogP contribution in [0.25, 0.3) is 0 Å². The topological polar surface area (TPSA) is 74.3 Å². The Morgan fingerprint density at radius 1 is 1.36 bits per heavy atom. The highest BCUT2D eigenvalue weighted by Crippen LogP contribution is 2.11. The van der Waals surface area contributed by atoms with Gasteiger partial charge in [0.15, 0.2) is 0 Å². The van der Waals surface area contributed by atoms with E-state index in [-0.39, 0.29) is 18.0 Å². The summed E-state index contributed by atoms with van der Waals surface area (Å²) < 4.78 is 0. The van der Waals surface area contributed by atoms with Crippen LogP contribution in [-0.4, -0.2) is 47.5 Å². The molecule has 0 spiro atoms. The molecule has 22 heavy (non-hydrogen) atoms. The number of urea groups is 1. The van der Waals surface area contributed by atoms with Gasteiger partial charge in [-0.2, -0.15) is 0 Å². The number of carbonyl (C=O) groups excluding carboxylic acids is 2. The maximum absolute atomic E-state index is 12.1. The number of carbonyl (C=O) groups is 2. The fourth-order valence-corrected chi connectivity index (χ4v) is 2.40. The van der Waals surface area contributed by atoms with E-state index in [0.717, 1.165) is 12.8 Å². The summed E-state index contributed by atoms with van der Waals surface area (Å²) in [7, 11) is 0. The molecule has 6 heteroatoms. The number of nitrogens with zero attached hydrogens (tertiary/aromatic N) is 2. The first-order valence-electron chi connectivity index (χ1n) is 7.80. The Labute approximate surface area is 131 Å². The Hall–Kier alpha value is -2.11. The van der Waals surface area contributed by atoms with Crippen molar-refractivity contribution in [2.24, 2.45) is 5.92 Å². The van der Waals surface area contributed by atoms with E-state index >= 15 is 0 Å². The maximum atomic E-state index is 12.1. The summed E-state index contributed by atoms with van der Waals surface area (Å²) in [5, 5.41) is 5.93. The molecule has 3 amide bonds. The van der Waals surface area contributed by atoms with Crippen LogP contribution in [0.5, 0.6) is 0 Å². The molecular weight excluding hydrogens is 280 g/mol. The van der Waals surface area contributed by atoms with Crippen molar-refractivity contribution in [3.8, 4) is 0 Å². The number of nitrogens with one attached hydrogen (secondary N) is 2. The molecule has 1 aliphatic heterocycles. The number of amides is 3. The Morgan fingerprint density at radius 3 is 2.68 bits per heavy atom. The minimum absolute atomic E-state index is 0.00858. The van der Waals surface area contributed by atoms with Crippen molar-refractivity contribution in [3.05, 3.63) is 30.1 Å². The fraction of sp³-hybridized carbons (Fsp3) is 0.562. The van der Waals surface area contributed by atoms with Crippen LogP contribution >= 0.6 is 0 Å². The zero-order chi connectivity index (χ0) is 15.9. The van der Waals surface area contributed by atoms with Crippen LogP contribution in [0, 0.1) is 5.92 Å². The number of rotatable bonds is 4. The third kappa shape index (κ3) is 4.72. The number of hydrogen-bond acceptors (Lipinski definition) is 3. The van der Waals surface area contributed by atoms with Gasteiger partial charge < -0.3 is 15.5 Å². The fourth-order valence-electron chi connectivity index (χ4n) is 2.40. The van der Waals surface area contributed by atoms with Crippen molar-refractivity contribution in [1.82, 2.24) is 20.5 Å². The molecule has 120 valence electrons. The van der Waals surface area contributed by atoms with Crippen molar-refractivity contribution in [2.45, 2.75) is 32.7 Å². The molecule has 0 saturated carbocycles. The predicted molar refractivity (Wildman–Crippen MR) is 84.5 cm³/mol. The lowest BCUT2D eigenvalue weighted by Gasteiger charge is -2.32. The second-order valence-electron chi connectivity index (χ2n) is 6.06. The Bertz CT molecular complexity index is 496. The summed E-state index contributed by atoms with van der Waals surface area (Å²) in [6, 6.07) is 3.60. The van der Waals surface area contributed by atoms with Crippen LogP contribution < -0.4 is 10.6 Å². The highest BCUT2D eigenvalue weighted by Gasteiger charge is 2.24. The smallest absolute Gasteiger partial charge is 0.317 e. The number of aromatic nitrogens is 1. The Kier molecular flexibility index (Phi) is 5.75. The molecule has 1 aliphatic rings. The van der Waals surface area contributed by atoms with Gasteiger partial charge in [-0.25, -0.2) is 4.79 Å². The van der Waals surface area contributed by atoms with E-state index in [2.05, 4.69) is 29.5 Å². The molecule has 0 atom stereocenters. The molecule has 0 radical (unpaired) electrons. The number of hydrogen-bond donors (Lipinski definition) is 2. The molecule has 1 aromatic heterocycles. The van der Waals surface area contributed by atoms with Crippen LogP contribution in [0.1, 0.15) is 37.0 Å². The number of piperidine rings is 1. The molecule has 1 aromatic rings. The monoisotopic (exact) mass is 304 g/mol. The molecule has 2 rings (SSSR count). The van der Waals surface area contributed by atoms with Gasteiger partial charge in [0.25, 0.3) is 5.91 Å². The molecule has 0 aliphatic carbocycles. The van der Waals surface area contributed by atoms with Gasteiger partial charge in [0.2, 0.25) is 0 Å². The molecule has 6 nitrogen and oxygen atoms in total. The predicted octanol–water partition coefficient (Wildman–Crippen LogP) is 1.64. The summed E-state index contributed by atoms with van der Waals surface area (Å²) in [5.74, 6) is 0.344. The van der Waals surface area contributed by atoms with E-state index in [0.29, 0.717) is 31.1 Å². The average molecular weight is 304 g/mol. The highest BCUT2D eigenvalue weighted by molar-refractivity contribution is 5.94. The Balaban J connectivity index is 1.75. The lowest BCUT2D eigenvalue weighted by Crippen LogP contribution is -2.49. The SMILES string of the molecule is CC(C)CNC(=O)N1CCC(NC(=O)c2cccnc2)CC1. The van der Waals surface area contributed by atoms with Gasteiger partial charge in [-0.1, -0.05) is 13.8 Å². The van der Waals surface area contributed by atoms with E-state index in [1.54, 1.807) is 24.5 Å². The van der Waals surface area contributed by atoms with Gasteiger partial charge in [-0.3, -0.25) is 9.78 Å². The quantitative estimate of drug-likeness (QED) is 0.888. The second-order valence-corrected chi connectivity index (χ2v) is 6.06. The summed E-state index contributed by atoms with van der Waals surface area (Å²) in [6.07, 6.45) is 4.76. The van der Waals surface area contributed by atoms with Crippen molar-refractivity contribution in [2.75, 3.05) is 19.6 Å². The van der Waals surface area contributed by atoms with E-state index in [9.17, 15) is 9.59 Å². The van der Waals surface area contributed by atoms with E-state index < -0.39 is 0 Å². The molecule has 0 aromatic carbocycles. The van der Waals surface area contributed by atoms with Gasteiger partial charge in [-0.15, -0.1) is 0 Å². The van der Waals surface area contributed by atoms with Crippen LogP contribution in [0.15, 0.2) is 24.5 Å². The molecule has 0 bridgehead atoms. The van der Waals surface area contributed by atoms with Crippen LogP contribution in [0.4, 0.5) is 4.79 Å². The first kappa shape index (κ1) is 16.3. The van der Waals surface area contributed by atoms with Gasteiger partial charge in [0, 0.05) is 38.1 Å². The first-order valence-corrected chi connectivity index (χ1v) is 7.80. The van der Waals surface area contributed by atoms with Crippen LogP contribution in [0.2, 0.25) is 0 Å². The largest absolute Gasteiger partial charge is 0.349 e. The van der Waals surface area contributed by atoms with Gasteiger partial charge in [0.1, 0.15) is 0 Å². The zero-order valence-electron chi connectivity index (χ0n) is 13.2. The Morgan fingerprint density at radius 2 is 2.09 bits per heavy atom. The average Bonchev–Trinajstić information content (AvgIpc) is 2.54. The molecule has 2 heterocycles. The minimum Gasteiger partial charge on any atom is -0.349 e. The van der Waals surface area contributed by atoms with E-state index in [4.69, 9.17) is 0 Å². The van der Waals surface area contributed by atoms with Crippen molar-refractivity contribution in [3.63, 3.8) is 0 Å². The van der Waals surface area contributed by atoms with Crippen LogP contribution in [0.3, 0.4) is 0 Å². The third-order valence-electron chi connectivity index (χ3n) is 3.70. The molecular formula is C16H24N4O2. The summed E-state index contributed by atoms with van der Waals surface area (Å²) in [5.41, 5.74) is 0.569. The third-order valence-corrected chi connectivity index (χ3v) is 3.70. The van der Waals surface area contributed by atoms with Gasteiger partial charge in [0.05, 0.1) is 5.56 Å². The van der Waals surface area contributed by atoms with Crippen molar-refractivity contribution in [1.29, 1.82) is 0 Å². The van der Waals surface area contributed by atoms with Crippen LogP contribution in [-0.2, 0) is 0 Å². The molecule has 2 N–H and O–H groups in total. The summed E-state index contributed by atoms with van der Waals surface area (Å²) in [6.45, 7) is 6.17. The summed E-state index contributed by atoms with van der Waals surface area (Å²) in [4.78, 5) is 29.8. The standard InChI is InChI=1S/C16H24N4O2/c1-12(2)10-18-16(22)20-8-5-14(6-9-20)19-15(21)13-4-3-7-17-11-13/h3-4,7,11-12,14H,5-6,8-10H2,1-2H3,(H,18,22)(H,19,21). The molecule has 1 saturated heterocycles. The summed E-state index contributed by atoms with van der Waals surface area (Å²) >= 11 is 0. The first-order chi connectivity index (χ1) is 10.6. The number of likely N-dealkylation sites (tertiary alicyclic amines) is 1. The molecule has 1 fully saturated rings. The minimum atomic E-state index is -0.101. The van der Waals surface area contributed by atoms with Gasteiger partial charge >= 0.3 is 6.03 Å². The zero-order valence-corrected chi connectivity index (χ0v) is 13.2. The van der Waals surface area contributed by atoms with E-state index in [1.165, 1.54) is 0 Å². The normalized spacial score (nSPS) is 15.7. The van der Waals surface area contributed by atoms with Gasteiger partial charge in [-0.05, 0) is 30.9 Å². The number of pyridine rings is 1. The lowest BCUT2D eigenvalue weighted by atomic mass is 10.0. The van der Waals surface area contributed by atoms with Crippen molar-refractivity contribution >= 4 is 11.9 Å². The molecule has 0 unspecified atom stereocenters. The highest BCUT2D eigenvalue weighted by atomic mass is 16.2.